The fourth-order valence-corrected chi connectivity index (χ4v) is 3.35. The summed E-state index contributed by atoms with van der Waals surface area (Å²) in [5.74, 6) is 1.13. The van der Waals surface area contributed by atoms with E-state index in [4.69, 9.17) is 22.1 Å². The lowest BCUT2D eigenvalue weighted by molar-refractivity contribution is 0.414. The van der Waals surface area contributed by atoms with E-state index in [9.17, 15) is 0 Å². The van der Waals surface area contributed by atoms with E-state index in [1.54, 1.807) is 7.11 Å². The zero-order valence-electron chi connectivity index (χ0n) is 12.6. The van der Waals surface area contributed by atoms with Gasteiger partial charge in [0, 0.05) is 17.0 Å². The van der Waals surface area contributed by atoms with Gasteiger partial charge in [0.1, 0.15) is 5.75 Å². The molecule has 2 nitrogen and oxygen atoms in total. The molecular weight excluding hydrogens is 294 g/mol. The van der Waals surface area contributed by atoms with Crippen LogP contribution in [0.15, 0.2) is 54.6 Å². The Balaban J connectivity index is 1.87. The number of ether oxygens (including phenoxy) is 1. The fourth-order valence-electron chi connectivity index (χ4n) is 3.07. The van der Waals surface area contributed by atoms with E-state index in [1.165, 1.54) is 11.1 Å². The molecule has 22 heavy (non-hydrogen) atoms. The summed E-state index contributed by atoms with van der Waals surface area (Å²) in [5.41, 5.74) is 10.0. The molecule has 2 aromatic carbocycles. The van der Waals surface area contributed by atoms with Crippen molar-refractivity contribution in [1.29, 1.82) is 0 Å². The molecule has 0 spiro atoms. The van der Waals surface area contributed by atoms with Crippen LogP contribution in [0.25, 0.3) is 5.57 Å². The monoisotopic (exact) mass is 313 g/mol. The van der Waals surface area contributed by atoms with Gasteiger partial charge >= 0.3 is 0 Å². The van der Waals surface area contributed by atoms with Crippen molar-refractivity contribution >= 4 is 17.2 Å². The van der Waals surface area contributed by atoms with Crippen molar-refractivity contribution in [3.8, 4) is 5.75 Å². The van der Waals surface area contributed by atoms with Gasteiger partial charge in [0.15, 0.2) is 0 Å². The number of nitrogens with two attached hydrogens (primary N) is 1. The Morgan fingerprint density at radius 3 is 2.50 bits per heavy atom. The number of benzene rings is 2. The van der Waals surface area contributed by atoms with Crippen LogP contribution in [0, 0.1) is 0 Å². The molecule has 3 rings (SSSR count). The molecule has 114 valence electrons. The standard InChI is InChI=1S/C19H20ClNO/c1-22-15-9-6-13(7-10-15)14-8-11-19(21)17(12-14)16-4-2-3-5-18(16)20/h2-10,17,19H,11-12,21H2,1H3. The van der Waals surface area contributed by atoms with Gasteiger partial charge in [0.2, 0.25) is 0 Å². The third kappa shape index (κ3) is 3.03. The largest absolute Gasteiger partial charge is 0.497 e. The van der Waals surface area contributed by atoms with Crippen LogP contribution >= 0.6 is 11.6 Å². The zero-order chi connectivity index (χ0) is 15.5. The molecule has 1 aliphatic carbocycles. The number of hydrogen-bond donors (Lipinski definition) is 1. The molecule has 0 fully saturated rings. The van der Waals surface area contributed by atoms with Crippen LogP contribution in [-0.2, 0) is 0 Å². The molecule has 1 aliphatic rings. The lowest BCUT2D eigenvalue weighted by atomic mass is 9.78. The first-order valence-corrected chi connectivity index (χ1v) is 7.90. The first-order valence-electron chi connectivity index (χ1n) is 7.52. The van der Waals surface area contributed by atoms with Crippen molar-refractivity contribution in [2.75, 3.05) is 7.11 Å². The minimum absolute atomic E-state index is 0.113. The van der Waals surface area contributed by atoms with E-state index < -0.39 is 0 Å². The minimum Gasteiger partial charge on any atom is -0.497 e. The summed E-state index contributed by atoms with van der Waals surface area (Å²) >= 11 is 6.36. The molecule has 2 atom stereocenters. The predicted molar refractivity (Wildman–Crippen MR) is 92.4 cm³/mol. The second kappa shape index (κ2) is 6.55. The van der Waals surface area contributed by atoms with Crippen molar-refractivity contribution in [3.63, 3.8) is 0 Å². The summed E-state index contributed by atoms with van der Waals surface area (Å²) in [5, 5.41) is 0.805. The third-order valence-corrected chi connectivity index (χ3v) is 4.70. The van der Waals surface area contributed by atoms with Gasteiger partial charge in [-0.3, -0.25) is 0 Å². The number of rotatable bonds is 3. The van der Waals surface area contributed by atoms with Gasteiger partial charge in [0.05, 0.1) is 7.11 Å². The Morgan fingerprint density at radius 1 is 1.09 bits per heavy atom. The van der Waals surface area contributed by atoms with Crippen molar-refractivity contribution in [2.45, 2.75) is 24.8 Å². The maximum atomic E-state index is 6.36. The van der Waals surface area contributed by atoms with Crippen molar-refractivity contribution in [3.05, 3.63) is 70.8 Å². The Bertz CT molecular complexity index is 678. The van der Waals surface area contributed by atoms with Crippen molar-refractivity contribution < 1.29 is 4.74 Å². The summed E-state index contributed by atoms with van der Waals surface area (Å²) in [4.78, 5) is 0. The number of methoxy groups -OCH3 is 1. The Hall–Kier alpha value is -1.77. The molecule has 3 heteroatoms. The van der Waals surface area contributed by atoms with Gasteiger partial charge in [-0.15, -0.1) is 0 Å². The lowest BCUT2D eigenvalue weighted by Gasteiger charge is -2.30. The smallest absolute Gasteiger partial charge is 0.118 e. The van der Waals surface area contributed by atoms with E-state index in [0.29, 0.717) is 0 Å². The topological polar surface area (TPSA) is 35.2 Å². The number of hydrogen-bond acceptors (Lipinski definition) is 2. The van der Waals surface area contributed by atoms with Gasteiger partial charge in [0.25, 0.3) is 0 Å². The van der Waals surface area contributed by atoms with Crippen LogP contribution in [0.3, 0.4) is 0 Å². The minimum atomic E-state index is 0.113. The molecule has 0 saturated carbocycles. The van der Waals surface area contributed by atoms with Crippen LogP contribution in [-0.4, -0.2) is 13.2 Å². The molecule has 0 amide bonds. The third-order valence-electron chi connectivity index (χ3n) is 4.36. The first kappa shape index (κ1) is 15.1. The summed E-state index contributed by atoms with van der Waals surface area (Å²) in [6.45, 7) is 0. The van der Waals surface area contributed by atoms with Crippen LogP contribution < -0.4 is 10.5 Å². The van der Waals surface area contributed by atoms with Crippen LogP contribution in [0.2, 0.25) is 5.02 Å². The summed E-state index contributed by atoms with van der Waals surface area (Å²) in [7, 11) is 1.68. The normalized spacial score (nSPS) is 21.3. The summed E-state index contributed by atoms with van der Waals surface area (Å²) < 4.78 is 5.22. The van der Waals surface area contributed by atoms with Crippen molar-refractivity contribution in [1.82, 2.24) is 0 Å². The van der Waals surface area contributed by atoms with Gasteiger partial charge in [-0.25, -0.2) is 0 Å². The molecule has 2 N–H and O–H groups in total. The quantitative estimate of drug-likeness (QED) is 0.896. The number of halogens is 1. The highest BCUT2D eigenvalue weighted by atomic mass is 35.5. The first-order chi connectivity index (χ1) is 10.7. The Kier molecular flexibility index (Phi) is 4.51. The fraction of sp³-hybridized carbons (Fsp3) is 0.263. The molecule has 0 aliphatic heterocycles. The SMILES string of the molecule is COc1ccc(C2=CCC(N)C(c3ccccc3Cl)C2)cc1. The van der Waals surface area contributed by atoms with E-state index in [1.807, 2.05) is 30.3 Å². The van der Waals surface area contributed by atoms with Crippen LogP contribution in [0.4, 0.5) is 0 Å². The number of allylic oxidation sites excluding steroid dienone is 1. The molecule has 0 saturated heterocycles. The maximum absolute atomic E-state index is 6.36. The molecule has 2 unspecified atom stereocenters. The Labute approximate surface area is 136 Å². The average molecular weight is 314 g/mol. The van der Waals surface area contributed by atoms with E-state index in [0.717, 1.165) is 29.2 Å². The van der Waals surface area contributed by atoms with Crippen LogP contribution in [0.5, 0.6) is 5.75 Å². The van der Waals surface area contributed by atoms with Gasteiger partial charge in [-0.05, 0) is 47.7 Å². The van der Waals surface area contributed by atoms with Crippen LogP contribution in [0.1, 0.15) is 29.9 Å². The molecule has 0 heterocycles. The molecule has 2 aromatic rings. The van der Waals surface area contributed by atoms with Gasteiger partial charge in [-0.1, -0.05) is 48.0 Å². The summed E-state index contributed by atoms with van der Waals surface area (Å²) in [6, 6.07) is 16.3. The predicted octanol–water partition coefficient (Wildman–Crippen LogP) is 4.64. The van der Waals surface area contributed by atoms with Gasteiger partial charge in [-0.2, -0.15) is 0 Å². The second-order valence-electron chi connectivity index (χ2n) is 5.69. The second-order valence-corrected chi connectivity index (χ2v) is 6.10. The maximum Gasteiger partial charge on any atom is 0.118 e. The zero-order valence-corrected chi connectivity index (χ0v) is 13.4. The van der Waals surface area contributed by atoms with E-state index >= 15 is 0 Å². The molecule has 0 aromatic heterocycles. The van der Waals surface area contributed by atoms with Crippen molar-refractivity contribution in [2.24, 2.45) is 5.73 Å². The average Bonchev–Trinajstić information content (AvgIpc) is 2.56. The molecule has 0 bridgehead atoms. The van der Waals surface area contributed by atoms with Gasteiger partial charge < -0.3 is 10.5 Å². The summed E-state index contributed by atoms with van der Waals surface area (Å²) in [6.07, 6.45) is 4.04. The Morgan fingerprint density at radius 2 is 1.82 bits per heavy atom. The van der Waals surface area contributed by atoms with E-state index in [-0.39, 0.29) is 12.0 Å². The highest BCUT2D eigenvalue weighted by molar-refractivity contribution is 6.31. The van der Waals surface area contributed by atoms with E-state index in [2.05, 4.69) is 24.3 Å². The lowest BCUT2D eigenvalue weighted by Crippen LogP contribution is -2.30. The molecular formula is C19H20ClNO. The highest BCUT2D eigenvalue weighted by Crippen LogP contribution is 2.39. The highest BCUT2D eigenvalue weighted by Gasteiger charge is 2.26. The molecule has 0 radical (unpaired) electrons.